The Kier molecular flexibility index (Phi) is 7.23. The molecule has 2 aromatic rings. The number of rotatable bonds is 1. The fourth-order valence-corrected chi connectivity index (χ4v) is 7.51. The van der Waals surface area contributed by atoms with E-state index >= 15 is 0 Å². The quantitative estimate of drug-likeness (QED) is 0.0897. The summed E-state index contributed by atoms with van der Waals surface area (Å²) in [5, 5.41) is 11.9. The van der Waals surface area contributed by atoms with Crippen LogP contribution in [0.15, 0.2) is 27.4 Å². The zero-order valence-corrected chi connectivity index (χ0v) is 25.7. The highest BCUT2D eigenvalue weighted by Crippen LogP contribution is 2.50. The van der Waals surface area contributed by atoms with Crippen molar-refractivity contribution in [2.24, 2.45) is 0 Å². The number of halogens is 8. The summed E-state index contributed by atoms with van der Waals surface area (Å²) < 4.78 is 8.25. The summed E-state index contributed by atoms with van der Waals surface area (Å²) in [5.74, 6) is 0.485. The van der Waals surface area contributed by atoms with Gasteiger partial charge >= 0.3 is 0 Å². The molecular formula is C19H4Cl4I4O3. The van der Waals surface area contributed by atoms with E-state index < -0.39 is 0 Å². The number of benzene rings is 3. The largest absolute Gasteiger partial charge is 0.506 e. The monoisotopic (exact) mass is 928 g/mol. The molecule has 1 N–H and O–H groups in total. The Morgan fingerprint density at radius 3 is 2.13 bits per heavy atom. The van der Waals surface area contributed by atoms with Crippen molar-refractivity contribution in [1.29, 1.82) is 0 Å². The molecule has 0 saturated heterocycles. The molecule has 0 atom stereocenters. The van der Waals surface area contributed by atoms with Crippen molar-refractivity contribution in [2.45, 2.75) is 0 Å². The van der Waals surface area contributed by atoms with Crippen LogP contribution in [0.5, 0.6) is 5.75 Å². The SMILES string of the molecule is O=c1c(I)cc2c(-c3cc(Cl)c(Cl)c(Cl)c3Cl)c3cc(I)c(O)c(I)c3oc-2c1I. The molecule has 1 heterocycles. The normalized spacial score (nSPS) is 11.6. The molecule has 0 fully saturated rings. The number of hydrogen-bond donors (Lipinski definition) is 1. The van der Waals surface area contributed by atoms with Crippen LogP contribution in [0.4, 0.5) is 0 Å². The maximum atomic E-state index is 12.6. The third kappa shape index (κ3) is 3.84. The number of phenolic OH excluding ortho intramolecular Hbond substituents is 1. The summed E-state index contributed by atoms with van der Waals surface area (Å²) >= 11 is 33.5. The molecule has 0 saturated carbocycles. The average molecular weight is 930 g/mol. The maximum Gasteiger partial charge on any atom is 0.209 e. The first-order valence-corrected chi connectivity index (χ1v) is 13.7. The van der Waals surface area contributed by atoms with Gasteiger partial charge in [0.05, 0.1) is 30.8 Å². The summed E-state index contributed by atoms with van der Waals surface area (Å²) in [6, 6.07) is 5.19. The fourth-order valence-electron chi connectivity index (χ4n) is 3.04. The highest BCUT2D eigenvalue weighted by molar-refractivity contribution is 14.1. The molecule has 3 nitrogen and oxygen atoms in total. The minimum Gasteiger partial charge on any atom is -0.506 e. The molecule has 2 aromatic carbocycles. The van der Waals surface area contributed by atoms with E-state index in [4.69, 9.17) is 50.8 Å². The topological polar surface area (TPSA) is 50.4 Å². The van der Waals surface area contributed by atoms with Crippen LogP contribution in [-0.4, -0.2) is 5.11 Å². The van der Waals surface area contributed by atoms with Crippen LogP contribution < -0.4 is 5.43 Å². The highest BCUT2D eigenvalue weighted by Gasteiger charge is 2.27. The van der Waals surface area contributed by atoms with Gasteiger partial charge in [0.2, 0.25) is 5.43 Å². The predicted octanol–water partition coefficient (Wildman–Crippen LogP) is 9.30. The first-order chi connectivity index (χ1) is 14.0. The lowest BCUT2D eigenvalue weighted by molar-refractivity contribution is 0.466. The van der Waals surface area contributed by atoms with Crippen LogP contribution in [0.3, 0.4) is 0 Å². The molecule has 30 heavy (non-hydrogen) atoms. The van der Waals surface area contributed by atoms with Crippen LogP contribution in [0.25, 0.3) is 33.4 Å². The number of phenols is 1. The van der Waals surface area contributed by atoms with Gasteiger partial charge in [-0.05, 0) is 109 Å². The van der Waals surface area contributed by atoms with Crippen LogP contribution >= 0.6 is 137 Å². The first-order valence-electron chi connectivity index (χ1n) is 7.83. The molecule has 4 rings (SSSR count). The van der Waals surface area contributed by atoms with Crippen molar-refractivity contribution in [3.8, 4) is 28.2 Å². The van der Waals surface area contributed by atoms with E-state index in [2.05, 4.69) is 0 Å². The third-order valence-electron chi connectivity index (χ3n) is 4.40. The van der Waals surface area contributed by atoms with Crippen LogP contribution in [0.1, 0.15) is 0 Å². The highest BCUT2D eigenvalue weighted by atomic mass is 127. The third-order valence-corrected chi connectivity index (χ3v) is 9.75. The van der Waals surface area contributed by atoms with Gasteiger partial charge in [0.25, 0.3) is 0 Å². The van der Waals surface area contributed by atoms with Crippen molar-refractivity contribution < 1.29 is 9.52 Å². The Morgan fingerprint density at radius 2 is 1.47 bits per heavy atom. The Balaban J connectivity index is 2.35. The molecule has 2 aliphatic rings. The van der Waals surface area contributed by atoms with Gasteiger partial charge in [0.1, 0.15) is 9.32 Å². The zero-order valence-electron chi connectivity index (χ0n) is 14.0. The van der Waals surface area contributed by atoms with Crippen LogP contribution in [0.2, 0.25) is 20.1 Å². The minimum atomic E-state index is -0.138. The van der Waals surface area contributed by atoms with Crippen LogP contribution in [0, 0.1) is 14.3 Å². The summed E-state index contributed by atoms with van der Waals surface area (Å²) in [7, 11) is 0. The van der Waals surface area contributed by atoms with Crippen molar-refractivity contribution in [3.63, 3.8) is 0 Å². The van der Waals surface area contributed by atoms with E-state index in [9.17, 15) is 9.90 Å². The van der Waals surface area contributed by atoms with E-state index in [0.717, 1.165) is 0 Å². The number of fused-ring (bicyclic) bond motifs is 2. The summed E-state index contributed by atoms with van der Waals surface area (Å²) in [4.78, 5) is 12.6. The van der Waals surface area contributed by atoms with Gasteiger partial charge in [-0.15, -0.1) is 0 Å². The summed E-state index contributed by atoms with van der Waals surface area (Å²) in [6.07, 6.45) is 0. The minimum absolute atomic E-state index is 0.0962. The van der Waals surface area contributed by atoms with E-state index in [1.54, 1.807) is 18.2 Å². The lowest BCUT2D eigenvalue weighted by atomic mass is 9.93. The molecule has 11 heteroatoms. The number of hydrogen-bond acceptors (Lipinski definition) is 3. The van der Waals surface area contributed by atoms with Crippen LogP contribution in [-0.2, 0) is 0 Å². The Hall–Kier alpha value is 1.01. The van der Waals surface area contributed by atoms with Crippen molar-refractivity contribution in [3.05, 3.63) is 62.8 Å². The second-order valence-corrected chi connectivity index (χ2v) is 12.1. The number of aromatic hydroxyl groups is 1. The zero-order chi connectivity index (χ0) is 22.1. The molecule has 154 valence electrons. The molecule has 0 radical (unpaired) electrons. The lowest BCUT2D eigenvalue weighted by Crippen LogP contribution is -2.12. The molecule has 0 aromatic heterocycles. The molecule has 0 spiro atoms. The van der Waals surface area contributed by atoms with Gasteiger partial charge in [0.15, 0.2) is 11.3 Å². The standard InChI is InChI=1S/C19H4Cl4I4O3/c20-7-1-4(11(21)13(23)12(7)22)10-5-2-8(24)16(28)14(26)18(5)30-19-6(10)3-9(25)17(29)15(19)27/h1-3,28H. The van der Waals surface area contributed by atoms with Crippen molar-refractivity contribution in [1.82, 2.24) is 0 Å². The summed E-state index contributed by atoms with van der Waals surface area (Å²) in [5.41, 5.74) is 2.19. The molecule has 1 aliphatic carbocycles. The van der Waals surface area contributed by atoms with Gasteiger partial charge in [-0.25, -0.2) is 0 Å². The van der Waals surface area contributed by atoms with E-state index in [-0.39, 0.29) is 31.3 Å². The Morgan fingerprint density at radius 1 is 0.800 bits per heavy atom. The first kappa shape index (κ1) is 24.1. The maximum absolute atomic E-state index is 12.6. The van der Waals surface area contributed by atoms with Gasteiger partial charge < -0.3 is 9.52 Å². The smallest absolute Gasteiger partial charge is 0.209 e. The Bertz CT molecular complexity index is 1420. The van der Waals surface area contributed by atoms with E-state index in [0.29, 0.717) is 47.7 Å². The Labute approximate surface area is 244 Å². The fraction of sp³-hybridized carbons (Fsp3) is 0. The average Bonchev–Trinajstić information content (AvgIpc) is 2.71. The lowest BCUT2D eigenvalue weighted by Gasteiger charge is -2.20. The second-order valence-electron chi connectivity index (χ2n) is 6.10. The summed E-state index contributed by atoms with van der Waals surface area (Å²) in [6.45, 7) is 0. The van der Waals surface area contributed by atoms with Gasteiger partial charge in [-0.3, -0.25) is 4.79 Å². The van der Waals surface area contributed by atoms with E-state index in [1.807, 2.05) is 90.4 Å². The molecule has 0 bridgehead atoms. The van der Waals surface area contributed by atoms with Crippen molar-refractivity contribution >= 4 is 148 Å². The molecule has 0 unspecified atom stereocenters. The van der Waals surface area contributed by atoms with Gasteiger partial charge in [-0.1, -0.05) is 46.4 Å². The van der Waals surface area contributed by atoms with Gasteiger partial charge in [-0.2, -0.15) is 0 Å². The molecule has 0 amide bonds. The van der Waals surface area contributed by atoms with Gasteiger partial charge in [0, 0.05) is 22.1 Å². The molecular weight excluding hydrogens is 926 g/mol. The van der Waals surface area contributed by atoms with E-state index in [1.165, 1.54) is 0 Å². The second kappa shape index (κ2) is 8.99. The molecule has 1 aliphatic heterocycles. The van der Waals surface area contributed by atoms with Crippen molar-refractivity contribution in [2.75, 3.05) is 0 Å². The predicted molar refractivity (Wildman–Crippen MR) is 157 cm³/mol.